The summed E-state index contributed by atoms with van der Waals surface area (Å²) in [6.45, 7) is 8.05. The molecule has 1 fully saturated rings. The van der Waals surface area contributed by atoms with Gasteiger partial charge in [0, 0.05) is 17.8 Å². The first-order valence-electron chi connectivity index (χ1n) is 7.96. The van der Waals surface area contributed by atoms with Crippen molar-refractivity contribution in [3.8, 4) is 5.75 Å². The monoisotopic (exact) mass is 294 g/mol. The van der Waals surface area contributed by atoms with Gasteiger partial charge < -0.3 is 15.0 Å². The number of benzene rings is 1. The van der Waals surface area contributed by atoms with Crippen LogP contribution in [0.5, 0.6) is 5.75 Å². The summed E-state index contributed by atoms with van der Waals surface area (Å²) in [7, 11) is 1.50. The Morgan fingerprint density at radius 3 is 2.71 bits per heavy atom. The lowest BCUT2D eigenvalue weighted by Gasteiger charge is -2.35. The van der Waals surface area contributed by atoms with Gasteiger partial charge in [0.05, 0.1) is 7.11 Å². The van der Waals surface area contributed by atoms with Crippen LogP contribution in [0.1, 0.15) is 33.1 Å². The van der Waals surface area contributed by atoms with Crippen molar-refractivity contribution in [3.63, 3.8) is 0 Å². The van der Waals surface area contributed by atoms with Crippen LogP contribution in [0.4, 0.5) is 10.1 Å². The summed E-state index contributed by atoms with van der Waals surface area (Å²) < 4.78 is 18.5. The maximum absolute atomic E-state index is 13.4. The fourth-order valence-electron chi connectivity index (χ4n) is 3.12. The normalized spacial score (nSPS) is 18.5. The molecule has 0 amide bonds. The summed E-state index contributed by atoms with van der Waals surface area (Å²) in [5.74, 6) is 0.655. The number of hydrogen-bond donors (Lipinski definition) is 1. The van der Waals surface area contributed by atoms with Gasteiger partial charge in [-0.2, -0.15) is 0 Å². The number of nitrogens with one attached hydrogen (secondary N) is 1. The lowest BCUT2D eigenvalue weighted by Crippen LogP contribution is -2.39. The zero-order valence-corrected chi connectivity index (χ0v) is 13.4. The lowest BCUT2D eigenvalue weighted by atomic mass is 9.90. The first kappa shape index (κ1) is 16.1. The number of halogens is 1. The molecule has 1 N–H and O–H groups in total. The largest absolute Gasteiger partial charge is 0.494 e. The van der Waals surface area contributed by atoms with E-state index in [-0.39, 0.29) is 5.82 Å². The first-order valence-corrected chi connectivity index (χ1v) is 7.96. The van der Waals surface area contributed by atoms with Crippen molar-refractivity contribution >= 4 is 5.69 Å². The Labute approximate surface area is 127 Å². The molecule has 1 aromatic rings. The summed E-state index contributed by atoms with van der Waals surface area (Å²) in [5, 5.41) is 3.50. The van der Waals surface area contributed by atoms with Crippen LogP contribution in [0, 0.1) is 11.7 Å². The smallest absolute Gasteiger partial charge is 0.165 e. The molecule has 0 radical (unpaired) electrons. The number of hydrogen-bond acceptors (Lipinski definition) is 3. The molecule has 0 aromatic heterocycles. The summed E-state index contributed by atoms with van der Waals surface area (Å²) in [6, 6.07) is 5.36. The highest BCUT2D eigenvalue weighted by molar-refractivity contribution is 5.49. The molecule has 1 aliphatic heterocycles. The number of ether oxygens (including phenoxy) is 1. The number of rotatable bonds is 6. The van der Waals surface area contributed by atoms with Gasteiger partial charge in [-0.1, -0.05) is 6.92 Å². The molecule has 1 saturated heterocycles. The van der Waals surface area contributed by atoms with Crippen LogP contribution in [0.3, 0.4) is 0 Å². The van der Waals surface area contributed by atoms with E-state index in [0.717, 1.165) is 5.69 Å². The number of nitrogens with zero attached hydrogens (tertiary/aromatic N) is 1. The van der Waals surface area contributed by atoms with Crippen LogP contribution in [-0.4, -0.2) is 37.7 Å². The minimum Gasteiger partial charge on any atom is -0.494 e. The molecule has 2 rings (SSSR count). The Hall–Kier alpha value is -1.29. The highest BCUT2D eigenvalue weighted by Crippen LogP contribution is 2.26. The molecule has 1 unspecified atom stereocenters. The minimum absolute atomic E-state index is 0.296. The Morgan fingerprint density at radius 1 is 1.38 bits per heavy atom. The Balaban J connectivity index is 1.88. The lowest BCUT2D eigenvalue weighted by molar-refractivity contribution is 0.176. The molecule has 21 heavy (non-hydrogen) atoms. The second-order valence-corrected chi connectivity index (χ2v) is 5.96. The van der Waals surface area contributed by atoms with E-state index in [0.29, 0.717) is 17.7 Å². The summed E-state index contributed by atoms with van der Waals surface area (Å²) >= 11 is 0. The van der Waals surface area contributed by atoms with Crippen molar-refractivity contribution in [3.05, 3.63) is 24.0 Å². The maximum atomic E-state index is 13.4. The Morgan fingerprint density at radius 2 is 2.10 bits per heavy atom. The number of likely N-dealkylation sites (tertiary alicyclic amines) is 1. The van der Waals surface area contributed by atoms with E-state index >= 15 is 0 Å². The van der Waals surface area contributed by atoms with Crippen LogP contribution in [0.2, 0.25) is 0 Å². The van der Waals surface area contributed by atoms with Gasteiger partial charge in [-0.3, -0.25) is 0 Å². The molecule has 4 heteroatoms. The minimum atomic E-state index is -0.316. The molecule has 1 aromatic carbocycles. The second-order valence-electron chi connectivity index (χ2n) is 5.96. The highest BCUT2D eigenvalue weighted by atomic mass is 19.1. The molecule has 3 nitrogen and oxygen atoms in total. The maximum Gasteiger partial charge on any atom is 0.165 e. The van der Waals surface area contributed by atoms with Gasteiger partial charge in [0.15, 0.2) is 11.6 Å². The topological polar surface area (TPSA) is 24.5 Å². The third kappa shape index (κ3) is 4.34. The van der Waals surface area contributed by atoms with Gasteiger partial charge in [-0.05, 0) is 63.9 Å². The molecule has 0 spiro atoms. The number of methoxy groups -OCH3 is 1. The van der Waals surface area contributed by atoms with E-state index in [1.807, 2.05) is 0 Å². The van der Waals surface area contributed by atoms with E-state index in [2.05, 4.69) is 24.1 Å². The van der Waals surface area contributed by atoms with Gasteiger partial charge in [-0.15, -0.1) is 0 Å². The SMILES string of the molecule is CCCN1CCC(C(C)Nc2ccc(F)c(OC)c2)CC1. The van der Waals surface area contributed by atoms with Crippen molar-refractivity contribution in [2.45, 2.75) is 39.2 Å². The quantitative estimate of drug-likeness (QED) is 0.864. The Kier molecular flexibility index (Phi) is 5.85. The van der Waals surface area contributed by atoms with E-state index < -0.39 is 0 Å². The molecular weight excluding hydrogens is 267 g/mol. The molecule has 0 saturated carbocycles. The van der Waals surface area contributed by atoms with E-state index in [1.165, 1.54) is 52.1 Å². The van der Waals surface area contributed by atoms with Crippen molar-refractivity contribution in [1.29, 1.82) is 0 Å². The third-order valence-corrected chi connectivity index (χ3v) is 4.42. The van der Waals surface area contributed by atoms with Gasteiger partial charge in [0.1, 0.15) is 0 Å². The molecule has 1 heterocycles. The summed E-state index contributed by atoms with van der Waals surface area (Å²) in [4.78, 5) is 2.55. The molecule has 118 valence electrons. The predicted molar refractivity (Wildman–Crippen MR) is 85.5 cm³/mol. The van der Waals surface area contributed by atoms with Crippen LogP contribution in [0.25, 0.3) is 0 Å². The highest BCUT2D eigenvalue weighted by Gasteiger charge is 2.23. The van der Waals surface area contributed by atoms with E-state index in [4.69, 9.17) is 4.74 Å². The number of anilines is 1. The molecule has 0 aliphatic carbocycles. The molecular formula is C17H27FN2O. The summed E-state index contributed by atoms with van der Waals surface area (Å²) in [5.41, 5.74) is 0.928. The van der Waals surface area contributed by atoms with Crippen LogP contribution >= 0.6 is 0 Å². The fourth-order valence-corrected chi connectivity index (χ4v) is 3.12. The van der Waals surface area contributed by atoms with Crippen molar-refractivity contribution < 1.29 is 9.13 Å². The average molecular weight is 294 g/mol. The van der Waals surface area contributed by atoms with Gasteiger partial charge in [0.25, 0.3) is 0 Å². The van der Waals surface area contributed by atoms with Crippen molar-refractivity contribution in [2.24, 2.45) is 5.92 Å². The summed E-state index contributed by atoms with van der Waals surface area (Å²) in [6.07, 6.45) is 3.69. The van der Waals surface area contributed by atoms with E-state index in [1.54, 1.807) is 12.1 Å². The van der Waals surface area contributed by atoms with Crippen LogP contribution < -0.4 is 10.1 Å². The Bertz CT molecular complexity index is 444. The van der Waals surface area contributed by atoms with E-state index in [9.17, 15) is 4.39 Å². The predicted octanol–water partition coefficient (Wildman–Crippen LogP) is 3.76. The molecule has 1 aliphatic rings. The zero-order chi connectivity index (χ0) is 15.2. The fraction of sp³-hybridized carbons (Fsp3) is 0.647. The third-order valence-electron chi connectivity index (χ3n) is 4.42. The van der Waals surface area contributed by atoms with Crippen molar-refractivity contribution in [1.82, 2.24) is 4.90 Å². The number of piperidine rings is 1. The van der Waals surface area contributed by atoms with Crippen molar-refractivity contribution in [2.75, 3.05) is 32.1 Å². The van der Waals surface area contributed by atoms with Crippen LogP contribution in [-0.2, 0) is 0 Å². The molecule has 0 bridgehead atoms. The first-order chi connectivity index (χ1) is 10.1. The van der Waals surface area contributed by atoms with Gasteiger partial charge >= 0.3 is 0 Å². The zero-order valence-electron chi connectivity index (χ0n) is 13.4. The van der Waals surface area contributed by atoms with Gasteiger partial charge in [-0.25, -0.2) is 4.39 Å². The standard InChI is InChI=1S/C17H27FN2O/c1-4-9-20-10-7-14(8-11-20)13(2)19-15-5-6-16(18)17(12-15)21-3/h5-6,12-14,19H,4,7-11H2,1-3H3. The second kappa shape index (κ2) is 7.64. The molecule has 1 atom stereocenters. The average Bonchev–Trinajstić information content (AvgIpc) is 2.50. The van der Waals surface area contributed by atoms with Gasteiger partial charge in [0.2, 0.25) is 0 Å². The van der Waals surface area contributed by atoms with Crippen LogP contribution in [0.15, 0.2) is 18.2 Å².